The van der Waals surface area contributed by atoms with Crippen LogP contribution in [-0.2, 0) is 6.54 Å². The quantitative estimate of drug-likeness (QED) is 0.731. The van der Waals surface area contributed by atoms with Gasteiger partial charge in [0.05, 0.1) is 6.20 Å². The number of rotatable bonds is 4. The molecule has 0 bridgehead atoms. The lowest BCUT2D eigenvalue weighted by atomic mass is 10.2. The largest absolute Gasteiger partial charge is 0.373 e. The fourth-order valence-electron chi connectivity index (χ4n) is 1.41. The van der Waals surface area contributed by atoms with Gasteiger partial charge in [0.15, 0.2) is 0 Å². The first-order chi connectivity index (χ1) is 8.69. The standard InChI is InChI=1S/C11H12ClN5O/c1-13-10-3-8(2-9(12)17-10)11(18)14-4-7-5-15-16-6-7/h2-3,5-6H,4H2,1H3,(H,13,17)(H,14,18)(H,15,16). The van der Waals surface area contributed by atoms with Gasteiger partial charge in [-0.1, -0.05) is 11.6 Å². The third-order valence-corrected chi connectivity index (χ3v) is 2.51. The van der Waals surface area contributed by atoms with E-state index < -0.39 is 0 Å². The maximum absolute atomic E-state index is 11.9. The van der Waals surface area contributed by atoms with Crippen LogP contribution in [0.2, 0.25) is 5.15 Å². The molecule has 2 heterocycles. The first kappa shape index (κ1) is 12.4. The van der Waals surface area contributed by atoms with E-state index in [4.69, 9.17) is 11.6 Å². The van der Waals surface area contributed by atoms with E-state index in [1.54, 1.807) is 25.5 Å². The predicted octanol–water partition coefficient (Wildman–Crippen LogP) is 1.43. The van der Waals surface area contributed by atoms with Crippen molar-refractivity contribution in [3.05, 3.63) is 40.8 Å². The molecular formula is C11H12ClN5O. The van der Waals surface area contributed by atoms with Crippen LogP contribution in [0.25, 0.3) is 0 Å². The highest BCUT2D eigenvalue weighted by Crippen LogP contribution is 2.14. The number of aromatic amines is 1. The predicted molar refractivity (Wildman–Crippen MR) is 68.6 cm³/mol. The molecule has 0 radical (unpaired) electrons. The van der Waals surface area contributed by atoms with Crippen molar-refractivity contribution in [1.29, 1.82) is 0 Å². The van der Waals surface area contributed by atoms with Crippen LogP contribution in [-0.4, -0.2) is 28.1 Å². The zero-order valence-corrected chi connectivity index (χ0v) is 10.5. The summed E-state index contributed by atoms with van der Waals surface area (Å²) in [5.41, 5.74) is 1.36. The molecule has 0 aliphatic rings. The van der Waals surface area contributed by atoms with Gasteiger partial charge in [-0.25, -0.2) is 4.98 Å². The summed E-state index contributed by atoms with van der Waals surface area (Å²) in [5, 5.41) is 12.4. The number of nitrogens with zero attached hydrogens (tertiary/aromatic N) is 2. The average Bonchev–Trinajstić information content (AvgIpc) is 2.88. The van der Waals surface area contributed by atoms with Crippen molar-refractivity contribution in [3.8, 4) is 0 Å². The Kier molecular flexibility index (Phi) is 3.78. The van der Waals surface area contributed by atoms with Gasteiger partial charge in [-0.3, -0.25) is 9.89 Å². The Labute approximate surface area is 109 Å². The molecule has 94 valence electrons. The minimum Gasteiger partial charge on any atom is -0.373 e. The van der Waals surface area contributed by atoms with E-state index in [-0.39, 0.29) is 11.1 Å². The van der Waals surface area contributed by atoms with E-state index >= 15 is 0 Å². The van der Waals surface area contributed by atoms with Crippen LogP contribution in [0.3, 0.4) is 0 Å². The SMILES string of the molecule is CNc1cc(C(=O)NCc2cn[nH]c2)cc(Cl)n1. The van der Waals surface area contributed by atoms with Gasteiger partial charge in [0.1, 0.15) is 11.0 Å². The lowest BCUT2D eigenvalue weighted by Crippen LogP contribution is -2.22. The van der Waals surface area contributed by atoms with Gasteiger partial charge in [-0.05, 0) is 12.1 Å². The van der Waals surface area contributed by atoms with Crippen molar-refractivity contribution >= 4 is 23.3 Å². The molecule has 0 spiro atoms. The van der Waals surface area contributed by atoms with Gasteiger partial charge < -0.3 is 10.6 Å². The number of pyridine rings is 1. The number of hydrogen-bond donors (Lipinski definition) is 3. The van der Waals surface area contributed by atoms with E-state index in [1.165, 1.54) is 6.07 Å². The zero-order chi connectivity index (χ0) is 13.0. The summed E-state index contributed by atoms with van der Waals surface area (Å²) < 4.78 is 0. The number of hydrogen-bond acceptors (Lipinski definition) is 4. The fourth-order valence-corrected chi connectivity index (χ4v) is 1.62. The minimum absolute atomic E-state index is 0.211. The Morgan fingerprint density at radius 1 is 1.50 bits per heavy atom. The molecular weight excluding hydrogens is 254 g/mol. The molecule has 6 nitrogen and oxygen atoms in total. The number of amides is 1. The molecule has 0 aliphatic carbocycles. The Morgan fingerprint density at radius 3 is 3.00 bits per heavy atom. The number of aromatic nitrogens is 3. The molecule has 2 rings (SSSR count). The summed E-state index contributed by atoms with van der Waals surface area (Å²) in [7, 11) is 1.71. The molecule has 0 unspecified atom stereocenters. The van der Waals surface area contributed by atoms with E-state index in [0.29, 0.717) is 17.9 Å². The molecule has 0 fully saturated rings. The van der Waals surface area contributed by atoms with Gasteiger partial charge in [0, 0.05) is 30.9 Å². The van der Waals surface area contributed by atoms with Crippen LogP contribution in [0.15, 0.2) is 24.5 Å². The van der Waals surface area contributed by atoms with Gasteiger partial charge in [0.2, 0.25) is 0 Å². The van der Waals surface area contributed by atoms with Gasteiger partial charge in [0.25, 0.3) is 5.91 Å². The maximum atomic E-state index is 11.9. The van der Waals surface area contributed by atoms with Crippen LogP contribution >= 0.6 is 11.6 Å². The third-order valence-electron chi connectivity index (χ3n) is 2.32. The molecule has 1 amide bonds. The summed E-state index contributed by atoms with van der Waals surface area (Å²) in [6.45, 7) is 0.407. The number of anilines is 1. The second-order valence-electron chi connectivity index (χ2n) is 3.60. The smallest absolute Gasteiger partial charge is 0.251 e. The van der Waals surface area contributed by atoms with Crippen molar-refractivity contribution in [1.82, 2.24) is 20.5 Å². The fraction of sp³-hybridized carbons (Fsp3) is 0.182. The highest BCUT2D eigenvalue weighted by Gasteiger charge is 2.08. The molecule has 2 aromatic rings. The number of H-pyrrole nitrogens is 1. The molecule has 0 atom stereocenters. The molecule has 0 aromatic carbocycles. The lowest BCUT2D eigenvalue weighted by Gasteiger charge is -2.06. The van der Waals surface area contributed by atoms with Crippen LogP contribution < -0.4 is 10.6 Å². The van der Waals surface area contributed by atoms with Crippen LogP contribution in [0.5, 0.6) is 0 Å². The Morgan fingerprint density at radius 2 is 2.33 bits per heavy atom. The Bertz CT molecular complexity index is 540. The molecule has 18 heavy (non-hydrogen) atoms. The normalized spacial score (nSPS) is 10.1. The van der Waals surface area contributed by atoms with E-state index in [2.05, 4.69) is 25.8 Å². The number of halogens is 1. The first-order valence-electron chi connectivity index (χ1n) is 5.30. The van der Waals surface area contributed by atoms with Crippen LogP contribution in [0.1, 0.15) is 15.9 Å². The van der Waals surface area contributed by atoms with Crippen molar-refractivity contribution in [2.24, 2.45) is 0 Å². The Balaban J connectivity index is 2.06. The summed E-state index contributed by atoms with van der Waals surface area (Å²) in [5.74, 6) is 0.341. The van der Waals surface area contributed by atoms with E-state index in [0.717, 1.165) is 5.56 Å². The van der Waals surface area contributed by atoms with Crippen molar-refractivity contribution < 1.29 is 4.79 Å². The average molecular weight is 266 g/mol. The van der Waals surface area contributed by atoms with Crippen molar-refractivity contribution in [2.45, 2.75) is 6.54 Å². The molecule has 0 saturated heterocycles. The molecule has 3 N–H and O–H groups in total. The third kappa shape index (κ3) is 2.98. The van der Waals surface area contributed by atoms with Crippen molar-refractivity contribution in [3.63, 3.8) is 0 Å². The summed E-state index contributed by atoms with van der Waals surface area (Å²) in [6, 6.07) is 3.16. The summed E-state index contributed by atoms with van der Waals surface area (Å²) in [6.07, 6.45) is 3.37. The highest BCUT2D eigenvalue weighted by atomic mass is 35.5. The Hall–Kier alpha value is -2.08. The van der Waals surface area contributed by atoms with Crippen LogP contribution in [0.4, 0.5) is 5.82 Å². The number of carbonyl (C=O) groups excluding carboxylic acids is 1. The highest BCUT2D eigenvalue weighted by molar-refractivity contribution is 6.29. The monoisotopic (exact) mass is 265 g/mol. The summed E-state index contributed by atoms with van der Waals surface area (Å²) >= 11 is 5.83. The maximum Gasteiger partial charge on any atom is 0.251 e. The topological polar surface area (TPSA) is 82.7 Å². The lowest BCUT2D eigenvalue weighted by molar-refractivity contribution is 0.0951. The molecule has 0 saturated carbocycles. The molecule has 0 aliphatic heterocycles. The zero-order valence-electron chi connectivity index (χ0n) is 9.70. The first-order valence-corrected chi connectivity index (χ1v) is 5.68. The van der Waals surface area contributed by atoms with Gasteiger partial charge in [-0.2, -0.15) is 5.10 Å². The van der Waals surface area contributed by atoms with E-state index in [1.807, 2.05) is 0 Å². The van der Waals surface area contributed by atoms with Gasteiger partial charge in [-0.15, -0.1) is 0 Å². The number of carbonyl (C=O) groups is 1. The van der Waals surface area contributed by atoms with E-state index in [9.17, 15) is 4.79 Å². The second-order valence-corrected chi connectivity index (χ2v) is 3.99. The summed E-state index contributed by atoms with van der Waals surface area (Å²) in [4.78, 5) is 15.9. The second kappa shape index (κ2) is 5.50. The minimum atomic E-state index is -0.211. The van der Waals surface area contributed by atoms with Crippen molar-refractivity contribution in [2.75, 3.05) is 12.4 Å². The molecule has 2 aromatic heterocycles. The number of nitrogens with one attached hydrogen (secondary N) is 3. The van der Waals surface area contributed by atoms with Gasteiger partial charge >= 0.3 is 0 Å². The molecule has 7 heteroatoms. The van der Waals surface area contributed by atoms with Crippen LogP contribution in [0, 0.1) is 0 Å².